The van der Waals surface area contributed by atoms with Gasteiger partial charge in [0.15, 0.2) is 6.61 Å². The van der Waals surface area contributed by atoms with Crippen molar-refractivity contribution in [2.75, 3.05) is 31.7 Å². The van der Waals surface area contributed by atoms with Crippen molar-refractivity contribution in [3.05, 3.63) is 53.1 Å². The van der Waals surface area contributed by atoms with Crippen LogP contribution >= 0.6 is 0 Å². The van der Waals surface area contributed by atoms with Crippen molar-refractivity contribution >= 4 is 23.5 Å². The van der Waals surface area contributed by atoms with Crippen LogP contribution < -0.4 is 19.7 Å². The summed E-state index contributed by atoms with van der Waals surface area (Å²) in [5.41, 5.74) is 4.54. The smallest absolute Gasteiger partial charge is 0.303 e. The minimum atomic E-state index is -1.08. The van der Waals surface area contributed by atoms with E-state index in [4.69, 9.17) is 19.7 Å². The van der Waals surface area contributed by atoms with Crippen LogP contribution in [0.25, 0.3) is 0 Å². The van der Waals surface area contributed by atoms with Crippen molar-refractivity contribution < 1.29 is 34.1 Å². The fourth-order valence-electron chi connectivity index (χ4n) is 3.71. The van der Waals surface area contributed by atoms with E-state index in [1.807, 2.05) is 29.2 Å². The van der Waals surface area contributed by atoms with Crippen LogP contribution in [0.3, 0.4) is 0 Å². The molecule has 2 aromatic carbocycles. The second-order valence-corrected chi connectivity index (χ2v) is 7.75. The van der Waals surface area contributed by atoms with Crippen LogP contribution in [0.1, 0.15) is 29.5 Å². The molecule has 0 aliphatic carbocycles. The number of nitrogens with zero attached hydrogens (tertiary/aromatic N) is 1. The molecule has 2 aromatic rings. The second kappa shape index (κ2) is 11.3. The number of benzene rings is 2. The molecule has 0 aromatic heterocycles. The van der Waals surface area contributed by atoms with Crippen molar-refractivity contribution in [3.8, 4) is 11.5 Å². The minimum absolute atomic E-state index is 0.0120. The Bertz CT molecular complexity index is 1010. The summed E-state index contributed by atoms with van der Waals surface area (Å²) in [6.07, 6.45) is 1.38. The summed E-state index contributed by atoms with van der Waals surface area (Å²) < 4.78 is 11.0. The standard InChI is InChI=1S/C20H22N2O3.C4H6O4/c1-24-17-4-2-3-14(9-17)12-22-18-10-15-5-7-21-8-6-16(15)11-19(18)25-13-20(22)23;5-3(6)1-2-4(7)8/h2-4,9-11,21H,5-8,12-13H2,1H3;1-2H2,(H,5,6)(H,7,8). The van der Waals surface area contributed by atoms with E-state index >= 15 is 0 Å². The van der Waals surface area contributed by atoms with E-state index in [9.17, 15) is 14.4 Å². The number of methoxy groups -OCH3 is 1. The Labute approximate surface area is 191 Å². The molecule has 0 spiro atoms. The lowest BCUT2D eigenvalue weighted by Gasteiger charge is -2.30. The molecule has 0 saturated carbocycles. The van der Waals surface area contributed by atoms with Gasteiger partial charge in [-0.25, -0.2) is 0 Å². The average Bonchev–Trinajstić information content (AvgIpc) is 3.04. The number of nitrogens with one attached hydrogen (secondary N) is 1. The van der Waals surface area contributed by atoms with Gasteiger partial charge >= 0.3 is 11.9 Å². The van der Waals surface area contributed by atoms with Gasteiger partial charge in [0.05, 0.1) is 32.2 Å². The number of carbonyl (C=O) groups is 3. The number of anilines is 1. The van der Waals surface area contributed by atoms with Crippen molar-refractivity contribution in [1.82, 2.24) is 5.32 Å². The largest absolute Gasteiger partial charge is 0.497 e. The predicted molar refractivity (Wildman–Crippen MR) is 121 cm³/mol. The first-order chi connectivity index (χ1) is 15.9. The zero-order valence-electron chi connectivity index (χ0n) is 18.5. The van der Waals surface area contributed by atoms with Gasteiger partial charge in [0.25, 0.3) is 5.91 Å². The molecule has 4 rings (SSSR count). The third-order valence-corrected chi connectivity index (χ3v) is 5.39. The normalized spacial score (nSPS) is 14.6. The van der Waals surface area contributed by atoms with Gasteiger partial charge in [-0.05, 0) is 66.9 Å². The molecule has 0 bridgehead atoms. The van der Waals surface area contributed by atoms with Crippen LogP contribution in [0.15, 0.2) is 36.4 Å². The number of hydrogen-bond donors (Lipinski definition) is 3. The summed E-state index contributed by atoms with van der Waals surface area (Å²) in [7, 11) is 1.65. The Morgan fingerprint density at radius 2 is 1.73 bits per heavy atom. The highest BCUT2D eigenvalue weighted by Gasteiger charge is 2.27. The van der Waals surface area contributed by atoms with Crippen molar-refractivity contribution in [2.24, 2.45) is 0 Å². The maximum atomic E-state index is 12.5. The van der Waals surface area contributed by atoms with Crippen LogP contribution in [-0.2, 0) is 33.8 Å². The van der Waals surface area contributed by atoms with Crippen LogP contribution in [0.4, 0.5) is 5.69 Å². The molecule has 33 heavy (non-hydrogen) atoms. The quantitative estimate of drug-likeness (QED) is 0.604. The second-order valence-electron chi connectivity index (χ2n) is 7.75. The molecule has 176 valence electrons. The summed E-state index contributed by atoms with van der Waals surface area (Å²) in [4.78, 5) is 33.6. The van der Waals surface area contributed by atoms with E-state index in [1.54, 1.807) is 7.11 Å². The van der Waals surface area contributed by atoms with Crippen LogP contribution in [-0.4, -0.2) is 54.9 Å². The molecule has 9 nitrogen and oxygen atoms in total. The zero-order valence-corrected chi connectivity index (χ0v) is 18.5. The number of carbonyl (C=O) groups excluding carboxylic acids is 1. The van der Waals surface area contributed by atoms with E-state index in [2.05, 4.69) is 17.4 Å². The number of carboxylic acids is 2. The lowest BCUT2D eigenvalue weighted by Crippen LogP contribution is -2.38. The Kier molecular flexibility index (Phi) is 8.26. The molecule has 0 saturated heterocycles. The summed E-state index contributed by atoms with van der Waals surface area (Å²) >= 11 is 0. The van der Waals surface area contributed by atoms with Gasteiger partial charge in [-0.3, -0.25) is 14.4 Å². The van der Waals surface area contributed by atoms with Crippen LogP contribution in [0.5, 0.6) is 11.5 Å². The number of rotatable bonds is 6. The molecule has 0 fully saturated rings. The molecule has 0 unspecified atom stereocenters. The Morgan fingerprint density at radius 3 is 2.36 bits per heavy atom. The first kappa shape index (κ1) is 24.1. The molecule has 2 aliphatic heterocycles. The van der Waals surface area contributed by atoms with Crippen molar-refractivity contribution in [1.29, 1.82) is 0 Å². The van der Waals surface area contributed by atoms with Crippen molar-refractivity contribution in [2.45, 2.75) is 32.2 Å². The summed E-state index contributed by atoms with van der Waals surface area (Å²) in [5, 5.41) is 19.2. The topological polar surface area (TPSA) is 125 Å². The highest BCUT2D eigenvalue weighted by Crippen LogP contribution is 2.36. The lowest BCUT2D eigenvalue weighted by atomic mass is 10.00. The SMILES string of the molecule is COc1cccc(CN2C(=O)COc3cc4c(cc32)CCNCC4)c1.O=C(O)CCC(=O)O. The number of amides is 1. The first-order valence-corrected chi connectivity index (χ1v) is 10.7. The van der Waals surface area contributed by atoms with E-state index in [1.165, 1.54) is 11.1 Å². The molecular formula is C24H28N2O7. The Morgan fingerprint density at radius 1 is 1.06 bits per heavy atom. The fraction of sp³-hybridized carbons (Fsp3) is 0.375. The average molecular weight is 456 g/mol. The van der Waals surface area contributed by atoms with Gasteiger partial charge in [-0.2, -0.15) is 0 Å². The highest BCUT2D eigenvalue weighted by molar-refractivity contribution is 5.98. The maximum absolute atomic E-state index is 12.5. The fourth-order valence-corrected chi connectivity index (χ4v) is 3.71. The van der Waals surface area contributed by atoms with Crippen LogP contribution in [0.2, 0.25) is 0 Å². The minimum Gasteiger partial charge on any atom is -0.497 e. The maximum Gasteiger partial charge on any atom is 0.303 e. The number of ether oxygens (including phenoxy) is 2. The predicted octanol–water partition coefficient (Wildman–Crippen LogP) is 2.24. The summed E-state index contributed by atoms with van der Waals surface area (Å²) in [6, 6.07) is 12.1. The van der Waals surface area contributed by atoms with Crippen molar-refractivity contribution in [3.63, 3.8) is 0 Å². The lowest BCUT2D eigenvalue weighted by molar-refractivity contribution is -0.143. The molecule has 9 heteroatoms. The van der Waals surface area contributed by atoms with Gasteiger partial charge < -0.3 is 29.9 Å². The zero-order chi connectivity index (χ0) is 23.8. The first-order valence-electron chi connectivity index (χ1n) is 10.7. The Balaban J connectivity index is 0.000000331. The molecule has 3 N–H and O–H groups in total. The van der Waals surface area contributed by atoms with Gasteiger partial charge in [-0.1, -0.05) is 12.1 Å². The van der Waals surface area contributed by atoms with E-state index in [0.29, 0.717) is 6.54 Å². The molecule has 2 heterocycles. The van der Waals surface area contributed by atoms with Gasteiger partial charge in [-0.15, -0.1) is 0 Å². The molecular weight excluding hydrogens is 428 g/mol. The number of carboxylic acid groups (broad SMARTS) is 2. The summed E-state index contributed by atoms with van der Waals surface area (Å²) in [6.45, 7) is 2.56. The summed E-state index contributed by atoms with van der Waals surface area (Å²) in [5.74, 6) is -0.559. The molecule has 0 atom stereocenters. The monoisotopic (exact) mass is 456 g/mol. The highest BCUT2D eigenvalue weighted by atomic mass is 16.5. The van der Waals surface area contributed by atoms with E-state index < -0.39 is 11.9 Å². The van der Waals surface area contributed by atoms with E-state index in [-0.39, 0.29) is 25.4 Å². The number of fused-ring (bicyclic) bond motifs is 2. The number of hydrogen-bond acceptors (Lipinski definition) is 6. The number of aliphatic carboxylic acids is 2. The third kappa shape index (κ3) is 6.69. The third-order valence-electron chi connectivity index (χ3n) is 5.39. The Hall–Kier alpha value is -3.59. The van der Waals surface area contributed by atoms with Gasteiger partial charge in [0.2, 0.25) is 0 Å². The van der Waals surface area contributed by atoms with Gasteiger partial charge in [0, 0.05) is 0 Å². The molecule has 0 radical (unpaired) electrons. The van der Waals surface area contributed by atoms with Gasteiger partial charge in [0.1, 0.15) is 11.5 Å². The molecule has 1 amide bonds. The molecule has 2 aliphatic rings. The van der Waals surface area contributed by atoms with Crippen LogP contribution in [0, 0.1) is 0 Å². The van der Waals surface area contributed by atoms with E-state index in [0.717, 1.165) is 48.7 Å².